The van der Waals surface area contributed by atoms with Gasteiger partial charge in [0.15, 0.2) is 0 Å². The fourth-order valence-electron chi connectivity index (χ4n) is 4.19. The van der Waals surface area contributed by atoms with E-state index in [1.54, 1.807) is 12.1 Å². The molecule has 2 aliphatic carbocycles. The Morgan fingerprint density at radius 3 is 2.57 bits per heavy atom. The number of carbonyl (C=O) groups is 1. The van der Waals surface area contributed by atoms with Crippen LogP contribution in [-0.2, 0) is 4.79 Å². The molecule has 2 saturated carbocycles. The third-order valence-electron chi connectivity index (χ3n) is 5.67. The highest BCUT2D eigenvalue weighted by Gasteiger charge is 2.40. The van der Waals surface area contributed by atoms with Crippen molar-refractivity contribution in [3.63, 3.8) is 0 Å². The van der Waals surface area contributed by atoms with E-state index in [2.05, 4.69) is 0 Å². The van der Waals surface area contributed by atoms with Crippen molar-refractivity contribution in [1.29, 1.82) is 0 Å². The summed E-state index contributed by atoms with van der Waals surface area (Å²) >= 11 is 0. The van der Waals surface area contributed by atoms with Crippen molar-refractivity contribution >= 4 is 5.91 Å². The lowest BCUT2D eigenvalue weighted by atomic mass is 9.86. The molecule has 4 atom stereocenters. The van der Waals surface area contributed by atoms with Crippen molar-refractivity contribution in [3.8, 4) is 5.75 Å². The van der Waals surface area contributed by atoms with E-state index >= 15 is 0 Å². The Kier molecular flexibility index (Phi) is 3.92. The van der Waals surface area contributed by atoms with Crippen molar-refractivity contribution in [2.24, 2.45) is 17.8 Å². The molecule has 3 nitrogen and oxygen atoms in total. The number of aromatic hydroxyl groups is 1. The maximum atomic E-state index is 12.5. The molecule has 0 spiro atoms. The highest BCUT2D eigenvalue weighted by atomic mass is 16.3. The lowest BCUT2D eigenvalue weighted by Crippen LogP contribution is -2.32. The van der Waals surface area contributed by atoms with E-state index in [1.807, 2.05) is 31.0 Å². The molecular weight excluding hydrogens is 262 g/mol. The van der Waals surface area contributed by atoms with Gasteiger partial charge in [0.05, 0.1) is 6.04 Å². The van der Waals surface area contributed by atoms with Crippen LogP contribution in [0.1, 0.15) is 50.6 Å². The molecule has 0 aliphatic heterocycles. The van der Waals surface area contributed by atoms with Crippen molar-refractivity contribution < 1.29 is 9.90 Å². The molecule has 21 heavy (non-hydrogen) atoms. The first-order valence-corrected chi connectivity index (χ1v) is 8.09. The number of hydrogen-bond acceptors (Lipinski definition) is 2. The van der Waals surface area contributed by atoms with Gasteiger partial charge < -0.3 is 10.0 Å². The minimum absolute atomic E-state index is 0.0525. The topological polar surface area (TPSA) is 40.5 Å². The largest absolute Gasteiger partial charge is 0.508 e. The number of phenols is 1. The zero-order valence-electron chi connectivity index (χ0n) is 13.0. The van der Waals surface area contributed by atoms with Gasteiger partial charge in [0, 0.05) is 13.5 Å². The second kappa shape index (κ2) is 5.70. The van der Waals surface area contributed by atoms with Gasteiger partial charge in [-0.3, -0.25) is 4.79 Å². The van der Waals surface area contributed by atoms with E-state index in [9.17, 15) is 9.90 Å². The van der Waals surface area contributed by atoms with Gasteiger partial charge in [0.1, 0.15) is 5.75 Å². The molecule has 0 aromatic heterocycles. The molecule has 114 valence electrons. The summed E-state index contributed by atoms with van der Waals surface area (Å²) in [6, 6.07) is 7.19. The van der Waals surface area contributed by atoms with Crippen LogP contribution >= 0.6 is 0 Å². The van der Waals surface area contributed by atoms with Gasteiger partial charge in [-0.25, -0.2) is 0 Å². The Balaban J connectivity index is 1.60. The molecule has 4 unspecified atom stereocenters. The van der Waals surface area contributed by atoms with Crippen LogP contribution in [0.25, 0.3) is 0 Å². The van der Waals surface area contributed by atoms with Gasteiger partial charge in [-0.15, -0.1) is 0 Å². The predicted molar refractivity (Wildman–Crippen MR) is 82.8 cm³/mol. The quantitative estimate of drug-likeness (QED) is 0.916. The smallest absolute Gasteiger partial charge is 0.223 e. The molecule has 1 N–H and O–H groups in total. The van der Waals surface area contributed by atoms with Crippen LogP contribution in [0.3, 0.4) is 0 Å². The fourth-order valence-corrected chi connectivity index (χ4v) is 4.19. The number of amides is 1. The summed E-state index contributed by atoms with van der Waals surface area (Å²) in [6.07, 6.45) is 6.04. The Bertz CT molecular complexity index is 510. The third kappa shape index (κ3) is 2.92. The molecule has 1 amide bonds. The van der Waals surface area contributed by atoms with Crippen molar-refractivity contribution in [1.82, 2.24) is 4.90 Å². The Morgan fingerprint density at radius 2 is 2.00 bits per heavy atom. The predicted octanol–water partition coefficient (Wildman–Crippen LogP) is 3.74. The van der Waals surface area contributed by atoms with E-state index in [-0.39, 0.29) is 17.7 Å². The van der Waals surface area contributed by atoms with E-state index < -0.39 is 0 Å². The van der Waals surface area contributed by atoms with Crippen LogP contribution in [0.15, 0.2) is 24.3 Å². The lowest BCUT2D eigenvalue weighted by Gasteiger charge is -2.28. The number of nitrogens with zero attached hydrogens (tertiary/aromatic N) is 1. The fraction of sp³-hybridized carbons (Fsp3) is 0.611. The highest BCUT2D eigenvalue weighted by molar-refractivity contribution is 5.76. The van der Waals surface area contributed by atoms with Gasteiger partial charge in [0.2, 0.25) is 5.91 Å². The van der Waals surface area contributed by atoms with Gasteiger partial charge in [-0.2, -0.15) is 0 Å². The average molecular weight is 287 g/mol. The zero-order chi connectivity index (χ0) is 15.0. The van der Waals surface area contributed by atoms with Gasteiger partial charge in [-0.05, 0) is 61.6 Å². The van der Waals surface area contributed by atoms with Crippen molar-refractivity contribution in [2.45, 2.75) is 45.1 Å². The molecule has 0 heterocycles. The summed E-state index contributed by atoms with van der Waals surface area (Å²) in [5, 5.41) is 9.36. The van der Waals surface area contributed by atoms with Crippen LogP contribution in [0.5, 0.6) is 5.75 Å². The van der Waals surface area contributed by atoms with Gasteiger partial charge in [-0.1, -0.05) is 18.6 Å². The Hall–Kier alpha value is -1.51. The minimum Gasteiger partial charge on any atom is -0.508 e. The summed E-state index contributed by atoms with van der Waals surface area (Å²) in [4.78, 5) is 14.4. The number of benzene rings is 1. The molecule has 0 radical (unpaired) electrons. The minimum atomic E-state index is 0.0525. The maximum absolute atomic E-state index is 12.5. The first-order chi connectivity index (χ1) is 10.0. The third-order valence-corrected chi connectivity index (χ3v) is 5.67. The highest BCUT2D eigenvalue weighted by Crippen LogP contribution is 2.49. The summed E-state index contributed by atoms with van der Waals surface area (Å²) in [5.74, 6) is 2.84. The lowest BCUT2D eigenvalue weighted by molar-refractivity contribution is -0.133. The van der Waals surface area contributed by atoms with Gasteiger partial charge in [0.25, 0.3) is 0 Å². The van der Waals surface area contributed by atoms with Gasteiger partial charge >= 0.3 is 0 Å². The molecule has 1 aromatic carbocycles. The first kappa shape index (κ1) is 14.4. The van der Waals surface area contributed by atoms with Crippen LogP contribution in [0.4, 0.5) is 0 Å². The summed E-state index contributed by atoms with van der Waals surface area (Å²) in [5.41, 5.74) is 1.07. The molecule has 3 rings (SSSR count). The first-order valence-electron chi connectivity index (χ1n) is 8.09. The molecule has 2 bridgehead atoms. The Morgan fingerprint density at radius 1 is 1.29 bits per heavy atom. The molecular formula is C18H25NO2. The summed E-state index contributed by atoms with van der Waals surface area (Å²) in [6.45, 7) is 2.05. The monoisotopic (exact) mass is 287 g/mol. The SMILES string of the molecule is CC(c1ccc(O)cc1)N(C)C(=O)CC1CC2CCC1C2. The molecule has 0 saturated heterocycles. The number of carbonyl (C=O) groups excluding carboxylic acids is 1. The van der Waals surface area contributed by atoms with Crippen LogP contribution < -0.4 is 0 Å². The van der Waals surface area contributed by atoms with Crippen LogP contribution in [0.2, 0.25) is 0 Å². The summed E-state index contributed by atoms with van der Waals surface area (Å²) < 4.78 is 0. The van der Waals surface area contributed by atoms with Crippen LogP contribution in [0, 0.1) is 17.8 Å². The van der Waals surface area contributed by atoms with E-state index in [4.69, 9.17) is 0 Å². The van der Waals surface area contributed by atoms with Crippen molar-refractivity contribution in [3.05, 3.63) is 29.8 Å². The average Bonchev–Trinajstić information content (AvgIpc) is 3.09. The second-order valence-corrected chi connectivity index (χ2v) is 6.91. The standard InChI is InChI=1S/C18H25NO2/c1-12(14-5-7-17(20)8-6-14)19(2)18(21)11-16-10-13-3-4-15(16)9-13/h5-8,12-13,15-16,20H,3-4,9-11H2,1-2H3. The second-order valence-electron chi connectivity index (χ2n) is 6.91. The molecule has 1 aromatic rings. The molecule has 2 fully saturated rings. The van der Waals surface area contributed by atoms with E-state index in [1.165, 1.54) is 25.7 Å². The van der Waals surface area contributed by atoms with Crippen molar-refractivity contribution in [2.75, 3.05) is 7.05 Å². The molecule has 2 aliphatic rings. The Labute approximate surface area is 127 Å². The maximum Gasteiger partial charge on any atom is 0.223 e. The number of fused-ring (bicyclic) bond motifs is 2. The molecule has 3 heteroatoms. The van der Waals surface area contributed by atoms with Crippen LogP contribution in [-0.4, -0.2) is 23.0 Å². The van der Waals surface area contributed by atoms with E-state index in [0.29, 0.717) is 12.3 Å². The number of phenolic OH excluding ortho intramolecular Hbond substituents is 1. The number of rotatable bonds is 4. The summed E-state index contributed by atoms with van der Waals surface area (Å²) in [7, 11) is 1.90. The normalized spacial score (nSPS) is 28.6. The number of hydrogen-bond donors (Lipinski definition) is 1. The zero-order valence-corrected chi connectivity index (χ0v) is 13.0. The van der Waals surface area contributed by atoms with E-state index in [0.717, 1.165) is 17.4 Å².